The van der Waals surface area contributed by atoms with Gasteiger partial charge in [0.15, 0.2) is 0 Å². The van der Waals surface area contributed by atoms with Gasteiger partial charge < -0.3 is 5.73 Å². The van der Waals surface area contributed by atoms with Gasteiger partial charge in [0.25, 0.3) is 0 Å². The molecule has 2 aliphatic rings. The molecule has 0 aliphatic carbocycles. The van der Waals surface area contributed by atoms with Crippen molar-refractivity contribution in [1.82, 2.24) is 9.21 Å². The number of anilines is 1. The van der Waals surface area contributed by atoms with Gasteiger partial charge in [-0.15, -0.1) is 0 Å². The Morgan fingerprint density at radius 1 is 1.14 bits per heavy atom. The molecule has 0 aromatic heterocycles. The van der Waals surface area contributed by atoms with Crippen molar-refractivity contribution < 1.29 is 8.42 Å². The smallest absolute Gasteiger partial charge is 0.243 e. The molecule has 1 aromatic rings. The number of piperidine rings is 1. The molecule has 0 amide bonds. The van der Waals surface area contributed by atoms with Gasteiger partial charge in [0.1, 0.15) is 0 Å². The van der Waals surface area contributed by atoms with Crippen molar-refractivity contribution in [3.8, 4) is 0 Å². The molecule has 6 heteroatoms. The Kier molecular flexibility index (Phi) is 3.94. The average molecular weight is 309 g/mol. The summed E-state index contributed by atoms with van der Waals surface area (Å²) < 4.78 is 27.3. The number of benzene rings is 1. The van der Waals surface area contributed by atoms with Gasteiger partial charge in [-0.2, -0.15) is 4.31 Å². The predicted molar refractivity (Wildman–Crippen MR) is 83.6 cm³/mol. The van der Waals surface area contributed by atoms with Crippen LogP contribution in [0.25, 0.3) is 0 Å². The molecule has 2 fully saturated rings. The van der Waals surface area contributed by atoms with Crippen LogP contribution >= 0.6 is 0 Å². The standard InChI is InChI=1S/C15H23N3O2S/c1-12-8-13(16)10-15(9-12)21(19,20)18-7-6-17-5-3-2-4-14(17)11-18/h8-10,14H,2-7,11,16H2,1H3. The number of fused-ring (bicyclic) bond motifs is 1. The normalized spacial score (nSPS) is 24.7. The van der Waals surface area contributed by atoms with E-state index in [9.17, 15) is 8.42 Å². The maximum absolute atomic E-state index is 12.8. The van der Waals surface area contributed by atoms with Crippen LogP contribution in [0.5, 0.6) is 0 Å². The predicted octanol–water partition coefficient (Wildman–Crippen LogP) is 1.44. The first-order valence-corrected chi connectivity index (χ1v) is 9.02. The number of nitrogen functional groups attached to an aromatic ring is 1. The molecule has 3 rings (SSSR count). The van der Waals surface area contributed by atoms with Crippen LogP contribution in [-0.4, -0.2) is 49.8 Å². The van der Waals surface area contributed by atoms with Gasteiger partial charge in [0.05, 0.1) is 4.90 Å². The van der Waals surface area contributed by atoms with Crippen LogP contribution in [0.2, 0.25) is 0 Å². The van der Waals surface area contributed by atoms with E-state index < -0.39 is 10.0 Å². The fourth-order valence-corrected chi connectivity index (χ4v) is 5.03. The van der Waals surface area contributed by atoms with Crippen molar-refractivity contribution in [2.75, 3.05) is 31.9 Å². The van der Waals surface area contributed by atoms with Crippen molar-refractivity contribution in [3.63, 3.8) is 0 Å². The summed E-state index contributed by atoms with van der Waals surface area (Å²) in [7, 11) is -3.43. The fraction of sp³-hybridized carbons (Fsp3) is 0.600. The summed E-state index contributed by atoms with van der Waals surface area (Å²) in [5.74, 6) is 0. The Balaban J connectivity index is 1.84. The van der Waals surface area contributed by atoms with Crippen LogP contribution in [0, 0.1) is 6.92 Å². The van der Waals surface area contributed by atoms with Gasteiger partial charge in [-0.3, -0.25) is 4.90 Å². The number of piperazine rings is 1. The lowest BCUT2D eigenvalue weighted by Crippen LogP contribution is -2.56. The van der Waals surface area contributed by atoms with Crippen LogP contribution < -0.4 is 5.73 Å². The van der Waals surface area contributed by atoms with E-state index in [4.69, 9.17) is 5.73 Å². The number of sulfonamides is 1. The summed E-state index contributed by atoms with van der Waals surface area (Å²) in [4.78, 5) is 2.75. The molecule has 1 unspecified atom stereocenters. The summed E-state index contributed by atoms with van der Waals surface area (Å²) in [6, 6.07) is 5.44. The monoisotopic (exact) mass is 309 g/mol. The van der Waals surface area contributed by atoms with E-state index >= 15 is 0 Å². The maximum atomic E-state index is 12.8. The molecule has 2 saturated heterocycles. The lowest BCUT2D eigenvalue weighted by molar-refractivity contribution is 0.0852. The zero-order chi connectivity index (χ0) is 15.0. The fourth-order valence-electron chi connectivity index (χ4n) is 3.42. The van der Waals surface area contributed by atoms with E-state index in [0.717, 1.165) is 25.1 Å². The molecule has 21 heavy (non-hydrogen) atoms. The lowest BCUT2D eigenvalue weighted by atomic mass is 10.0. The van der Waals surface area contributed by atoms with Crippen LogP contribution in [-0.2, 0) is 10.0 Å². The number of nitrogens with two attached hydrogens (primary N) is 1. The first-order valence-electron chi connectivity index (χ1n) is 7.58. The van der Waals surface area contributed by atoms with Crippen molar-refractivity contribution in [2.24, 2.45) is 0 Å². The van der Waals surface area contributed by atoms with Gasteiger partial charge in [-0.25, -0.2) is 8.42 Å². The molecule has 0 radical (unpaired) electrons. The summed E-state index contributed by atoms with van der Waals surface area (Å²) in [5, 5.41) is 0. The quantitative estimate of drug-likeness (QED) is 0.840. The molecule has 2 heterocycles. The molecule has 2 N–H and O–H groups in total. The minimum Gasteiger partial charge on any atom is -0.399 e. The van der Waals surface area contributed by atoms with Crippen LogP contribution in [0.15, 0.2) is 23.1 Å². The zero-order valence-corrected chi connectivity index (χ0v) is 13.3. The molecule has 0 saturated carbocycles. The molecule has 2 aliphatic heterocycles. The largest absolute Gasteiger partial charge is 0.399 e. The second kappa shape index (κ2) is 5.59. The highest BCUT2D eigenvalue weighted by atomic mass is 32.2. The minimum absolute atomic E-state index is 0.323. The second-order valence-corrected chi connectivity index (χ2v) is 8.07. The SMILES string of the molecule is Cc1cc(N)cc(S(=O)(=O)N2CCN3CCCCC3C2)c1. The third-order valence-electron chi connectivity index (χ3n) is 4.51. The first kappa shape index (κ1) is 14.8. The number of rotatable bonds is 2. The third-order valence-corrected chi connectivity index (χ3v) is 6.35. The van der Waals surface area contributed by atoms with E-state index in [2.05, 4.69) is 4.90 Å². The highest BCUT2D eigenvalue weighted by Gasteiger charge is 2.35. The molecule has 116 valence electrons. The van der Waals surface area contributed by atoms with Gasteiger partial charge in [0, 0.05) is 31.4 Å². The Labute approximate surface area is 126 Å². The summed E-state index contributed by atoms with van der Waals surface area (Å²) in [6.45, 7) is 5.00. The molecule has 0 spiro atoms. The summed E-state index contributed by atoms with van der Waals surface area (Å²) in [5.41, 5.74) is 7.18. The van der Waals surface area contributed by atoms with Gasteiger partial charge in [-0.1, -0.05) is 6.42 Å². The molecule has 1 aromatic carbocycles. The molecular formula is C15H23N3O2S. The van der Waals surface area contributed by atoms with Crippen molar-refractivity contribution in [1.29, 1.82) is 0 Å². The second-order valence-electron chi connectivity index (χ2n) is 6.13. The number of hydrogen-bond acceptors (Lipinski definition) is 4. The number of nitrogens with zero attached hydrogens (tertiary/aromatic N) is 2. The molecule has 1 atom stereocenters. The first-order chi connectivity index (χ1) is 9.96. The Hall–Kier alpha value is -1.11. The minimum atomic E-state index is -3.43. The average Bonchev–Trinajstić information content (AvgIpc) is 2.45. The number of hydrogen-bond donors (Lipinski definition) is 1. The van der Waals surface area contributed by atoms with Crippen molar-refractivity contribution in [3.05, 3.63) is 23.8 Å². The van der Waals surface area contributed by atoms with E-state index in [1.165, 1.54) is 12.8 Å². The Morgan fingerprint density at radius 2 is 1.95 bits per heavy atom. The van der Waals surface area contributed by atoms with Crippen LogP contribution in [0.3, 0.4) is 0 Å². The Morgan fingerprint density at radius 3 is 2.71 bits per heavy atom. The van der Waals surface area contributed by atoms with E-state index in [1.807, 2.05) is 6.92 Å². The van der Waals surface area contributed by atoms with Gasteiger partial charge >= 0.3 is 0 Å². The summed E-state index contributed by atoms with van der Waals surface area (Å²) in [6.07, 6.45) is 3.53. The topological polar surface area (TPSA) is 66.6 Å². The van der Waals surface area contributed by atoms with E-state index in [0.29, 0.717) is 29.7 Å². The van der Waals surface area contributed by atoms with Crippen molar-refractivity contribution in [2.45, 2.75) is 37.1 Å². The van der Waals surface area contributed by atoms with Gasteiger partial charge in [0.2, 0.25) is 10.0 Å². The molecule has 0 bridgehead atoms. The molecule has 5 nitrogen and oxygen atoms in total. The van der Waals surface area contributed by atoms with Crippen LogP contribution in [0.1, 0.15) is 24.8 Å². The van der Waals surface area contributed by atoms with E-state index in [-0.39, 0.29) is 0 Å². The Bertz CT molecular complexity index is 610. The summed E-state index contributed by atoms with van der Waals surface area (Å²) >= 11 is 0. The van der Waals surface area contributed by atoms with Crippen LogP contribution in [0.4, 0.5) is 5.69 Å². The molecular weight excluding hydrogens is 286 g/mol. The number of aryl methyl sites for hydroxylation is 1. The maximum Gasteiger partial charge on any atom is 0.243 e. The van der Waals surface area contributed by atoms with Crippen molar-refractivity contribution >= 4 is 15.7 Å². The lowest BCUT2D eigenvalue weighted by Gasteiger charge is -2.43. The third kappa shape index (κ3) is 2.93. The highest BCUT2D eigenvalue weighted by molar-refractivity contribution is 7.89. The zero-order valence-electron chi connectivity index (χ0n) is 12.5. The highest BCUT2D eigenvalue weighted by Crippen LogP contribution is 2.26. The van der Waals surface area contributed by atoms with E-state index in [1.54, 1.807) is 22.5 Å². The van der Waals surface area contributed by atoms with Gasteiger partial charge in [-0.05, 0) is 50.1 Å².